The minimum absolute atomic E-state index is 0.0180. The minimum Gasteiger partial charge on any atom is -0.497 e. The number of thiazole rings is 1. The highest BCUT2D eigenvalue weighted by Crippen LogP contribution is 2.31. The molecule has 0 spiro atoms. The zero-order valence-corrected chi connectivity index (χ0v) is 22.1. The number of nitro benzene ring substituents is 1. The van der Waals surface area contributed by atoms with E-state index in [0.717, 1.165) is 0 Å². The van der Waals surface area contributed by atoms with Crippen molar-refractivity contribution >= 4 is 29.1 Å². The Hall–Kier alpha value is -4.77. The summed E-state index contributed by atoms with van der Waals surface area (Å²) in [5.41, 5.74) is 1.79. The van der Waals surface area contributed by atoms with E-state index in [9.17, 15) is 19.7 Å². The van der Waals surface area contributed by atoms with E-state index >= 15 is 0 Å². The lowest BCUT2D eigenvalue weighted by molar-refractivity contribution is -0.384. The maximum atomic E-state index is 13.7. The Labute approximate surface area is 225 Å². The molecule has 11 heteroatoms. The maximum Gasteiger partial charge on any atom is 0.338 e. The highest BCUT2D eigenvalue weighted by Gasteiger charge is 2.33. The molecule has 0 radical (unpaired) electrons. The van der Waals surface area contributed by atoms with Crippen LogP contribution in [0, 0.1) is 10.1 Å². The third-order valence-electron chi connectivity index (χ3n) is 6.21. The molecule has 0 amide bonds. The van der Waals surface area contributed by atoms with E-state index < -0.39 is 16.9 Å². The number of nitro groups is 1. The lowest BCUT2D eigenvalue weighted by Gasteiger charge is -2.24. The van der Waals surface area contributed by atoms with Crippen LogP contribution >= 0.6 is 11.3 Å². The predicted molar refractivity (Wildman–Crippen MR) is 144 cm³/mol. The Morgan fingerprint density at radius 3 is 2.51 bits per heavy atom. The molecule has 1 aliphatic rings. The van der Waals surface area contributed by atoms with Crippen LogP contribution in [0.3, 0.4) is 0 Å². The highest BCUT2D eigenvalue weighted by atomic mass is 32.1. The first-order valence-electron chi connectivity index (χ1n) is 12.0. The Balaban J connectivity index is 1.59. The summed E-state index contributed by atoms with van der Waals surface area (Å²) in [6, 6.07) is 15.9. The number of ether oxygens (including phenoxy) is 2. The van der Waals surface area contributed by atoms with Gasteiger partial charge in [0.05, 0.1) is 40.5 Å². The Bertz CT molecular complexity index is 1780. The summed E-state index contributed by atoms with van der Waals surface area (Å²) >= 11 is 1.19. The van der Waals surface area contributed by atoms with Gasteiger partial charge in [-0.25, -0.2) is 9.79 Å². The van der Waals surface area contributed by atoms with E-state index in [-0.39, 0.29) is 17.9 Å². The Morgan fingerprint density at radius 2 is 1.87 bits per heavy atom. The van der Waals surface area contributed by atoms with Crippen molar-refractivity contribution in [3.8, 4) is 17.1 Å². The minimum atomic E-state index is -0.736. The normalized spacial score (nSPS) is 15.1. The fourth-order valence-corrected chi connectivity index (χ4v) is 5.38. The quantitative estimate of drug-likeness (QED) is 0.195. The summed E-state index contributed by atoms with van der Waals surface area (Å²) in [6.45, 7) is 3.63. The van der Waals surface area contributed by atoms with Crippen molar-refractivity contribution in [2.45, 2.75) is 19.9 Å². The van der Waals surface area contributed by atoms with Crippen LogP contribution in [0.2, 0.25) is 0 Å². The highest BCUT2D eigenvalue weighted by molar-refractivity contribution is 7.07. The lowest BCUT2D eigenvalue weighted by atomic mass is 9.96. The van der Waals surface area contributed by atoms with Crippen LogP contribution in [0.15, 0.2) is 86.1 Å². The zero-order valence-electron chi connectivity index (χ0n) is 21.2. The van der Waals surface area contributed by atoms with Crippen molar-refractivity contribution in [3.05, 3.63) is 113 Å². The molecule has 0 saturated carbocycles. The van der Waals surface area contributed by atoms with Crippen LogP contribution in [0.1, 0.15) is 31.2 Å². The molecule has 1 atom stereocenters. The topological polar surface area (TPSA) is 126 Å². The smallest absolute Gasteiger partial charge is 0.338 e. The van der Waals surface area contributed by atoms with Gasteiger partial charge < -0.3 is 13.9 Å². The van der Waals surface area contributed by atoms with E-state index in [1.165, 1.54) is 28.0 Å². The average molecular weight is 546 g/mol. The third kappa shape index (κ3) is 4.91. The third-order valence-corrected chi connectivity index (χ3v) is 7.19. The molecule has 10 nitrogen and oxygen atoms in total. The number of nitrogens with zero attached hydrogens (tertiary/aromatic N) is 3. The van der Waals surface area contributed by atoms with Gasteiger partial charge in [-0.3, -0.25) is 19.5 Å². The Kier molecular flexibility index (Phi) is 6.99. The molecule has 3 heterocycles. The van der Waals surface area contributed by atoms with Gasteiger partial charge >= 0.3 is 5.97 Å². The van der Waals surface area contributed by atoms with Crippen LogP contribution in [0.5, 0.6) is 5.75 Å². The molecular weight excluding hydrogens is 522 g/mol. The van der Waals surface area contributed by atoms with Crippen molar-refractivity contribution < 1.29 is 23.6 Å². The van der Waals surface area contributed by atoms with Gasteiger partial charge in [0.25, 0.3) is 11.2 Å². The molecule has 0 saturated heterocycles. The van der Waals surface area contributed by atoms with E-state index in [1.54, 1.807) is 63.4 Å². The van der Waals surface area contributed by atoms with E-state index in [2.05, 4.69) is 4.99 Å². The van der Waals surface area contributed by atoms with Gasteiger partial charge in [0.2, 0.25) is 0 Å². The summed E-state index contributed by atoms with van der Waals surface area (Å²) in [4.78, 5) is 42.2. The van der Waals surface area contributed by atoms with Crippen molar-refractivity contribution in [2.75, 3.05) is 13.7 Å². The molecule has 198 valence electrons. The number of methoxy groups -OCH3 is 1. The first-order valence-corrected chi connectivity index (χ1v) is 12.8. The van der Waals surface area contributed by atoms with E-state index in [1.807, 2.05) is 12.1 Å². The molecular formula is C28H23N3O7S. The van der Waals surface area contributed by atoms with Crippen LogP contribution in [-0.4, -0.2) is 29.2 Å². The molecule has 4 aromatic rings. The zero-order chi connectivity index (χ0) is 27.7. The number of allylic oxidation sites excluding steroid dienone is 1. The van der Waals surface area contributed by atoms with Crippen molar-refractivity contribution in [3.63, 3.8) is 0 Å². The summed E-state index contributed by atoms with van der Waals surface area (Å²) < 4.78 is 18.4. The first-order chi connectivity index (χ1) is 18.8. The second-order valence-electron chi connectivity index (χ2n) is 8.58. The van der Waals surface area contributed by atoms with E-state index in [4.69, 9.17) is 13.9 Å². The molecule has 0 N–H and O–H groups in total. The molecule has 1 unspecified atom stereocenters. The molecule has 0 aliphatic carbocycles. The number of aromatic nitrogens is 1. The van der Waals surface area contributed by atoms with Crippen LogP contribution in [-0.2, 0) is 9.53 Å². The molecule has 0 bridgehead atoms. The number of non-ortho nitro benzene ring substituents is 1. The molecule has 2 aromatic carbocycles. The van der Waals surface area contributed by atoms with Crippen molar-refractivity contribution in [2.24, 2.45) is 4.99 Å². The molecule has 2 aromatic heterocycles. The molecule has 0 fully saturated rings. The number of furan rings is 1. The number of carbonyl (C=O) groups is 1. The molecule has 5 rings (SSSR count). The number of hydrogen-bond acceptors (Lipinski definition) is 9. The largest absolute Gasteiger partial charge is 0.497 e. The van der Waals surface area contributed by atoms with Gasteiger partial charge in [0.1, 0.15) is 17.3 Å². The number of rotatable bonds is 7. The van der Waals surface area contributed by atoms with Gasteiger partial charge in [0, 0.05) is 23.8 Å². The van der Waals surface area contributed by atoms with Gasteiger partial charge in [0.15, 0.2) is 4.80 Å². The standard InChI is InChI=1S/C28H23N3O7S/c1-4-37-27(33)24-16(2)29-28-30(25(24)18-7-11-20(36-3)12-8-18)26(32)23(39-28)15-21-13-14-22(38-21)17-5-9-19(10-6-17)31(34)35/h5-15,25H,4H2,1-3H3/b23-15+. The molecule has 39 heavy (non-hydrogen) atoms. The van der Waals surface area contributed by atoms with Crippen LogP contribution in [0.25, 0.3) is 17.4 Å². The monoisotopic (exact) mass is 545 g/mol. The van der Waals surface area contributed by atoms with Gasteiger partial charge in [-0.2, -0.15) is 0 Å². The lowest BCUT2D eigenvalue weighted by Crippen LogP contribution is -2.39. The number of fused-ring (bicyclic) bond motifs is 1. The van der Waals surface area contributed by atoms with Gasteiger partial charge in [-0.1, -0.05) is 23.5 Å². The number of benzene rings is 2. The van der Waals surface area contributed by atoms with Gasteiger partial charge in [-0.15, -0.1) is 0 Å². The summed E-state index contributed by atoms with van der Waals surface area (Å²) in [5, 5.41) is 10.9. The SMILES string of the molecule is CCOC(=O)C1=C(C)N=c2s/c(=C/c3ccc(-c4ccc([N+](=O)[O-])cc4)o3)c(=O)n2C1c1ccc(OC)cc1. The summed E-state index contributed by atoms with van der Waals surface area (Å²) in [6.07, 6.45) is 1.62. The van der Waals surface area contributed by atoms with Crippen LogP contribution in [0.4, 0.5) is 5.69 Å². The Morgan fingerprint density at radius 1 is 1.15 bits per heavy atom. The van der Waals surface area contributed by atoms with Gasteiger partial charge in [-0.05, 0) is 55.8 Å². The predicted octanol–water partition coefficient (Wildman–Crippen LogP) is 3.98. The van der Waals surface area contributed by atoms with Crippen molar-refractivity contribution in [1.29, 1.82) is 0 Å². The number of esters is 1. The number of hydrogen-bond donors (Lipinski definition) is 0. The van der Waals surface area contributed by atoms with E-state index in [0.29, 0.717) is 49.0 Å². The fourth-order valence-electron chi connectivity index (χ4n) is 4.36. The number of carbonyl (C=O) groups excluding carboxylic acids is 1. The average Bonchev–Trinajstić information content (AvgIpc) is 3.52. The van der Waals surface area contributed by atoms with Crippen LogP contribution < -0.4 is 19.6 Å². The first kappa shape index (κ1) is 25.9. The maximum absolute atomic E-state index is 13.7. The second kappa shape index (κ2) is 10.5. The fraction of sp³-hybridized carbons (Fsp3) is 0.179. The van der Waals surface area contributed by atoms with Crippen molar-refractivity contribution in [1.82, 2.24) is 4.57 Å². The second-order valence-corrected chi connectivity index (χ2v) is 9.59. The summed E-state index contributed by atoms with van der Waals surface area (Å²) in [7, 11) is 1.56. The molecule has 1 aliphatic heterocycles. The summed E-state index contributed by atoms with van der Waals surface area (Å²) in [5.74, 6) is 1.04.